The van der Waals surface area contributed by atoms with E-state index >= 15 is 0 Å². The summed E-state index contributed by atoms with van der Waals surface area (Å²) in [5.74, 6) is -1.68. The summed E-state index contributed by atoms with van der Waals surface area (Å²) in [5.41, 5.74) is 0.766. The van der Waals surface area contributed by atoms with Crippen molar-refractivity contribution in [3.63, 3.8) is 0 Å². The topological polar surface area (TPSA) is 102 Å². The van der Waals surface area contributed by atoms with Gasteiger partial charge in [0, 0.05) is 0 Å². The number of amides is 1. The Morgan fingerprint density at radius 1 is 1.17 bits per heavy atom. The molecule has 1 heterocycles. The summed E-state index contributed by atoms with van der Waals surface area (Å²) in [6.07, 6.45) is -2.47. The van der Waals surface area contributed by atoms with Crippen molar-refractivity contribution in [1.82, 2.24) is 4.90 Å². The maximum Gasteiger partial charge on any atom is 0.411 e. The van der Waals surface area contributed by atoms with Gasteiger partial charge in [0.1, 0.15) is 12.6 Å². The molecule has 0 aliphatic carbocycles. The molecule has 1 aromatic rings. The van der Waals surface area contributed by atoms with Crippen LogP contribution < -0.4 is 0 Å². The van der Waals surface area contributed by atoms with E-state index in [9.17, 15) is 19.5 Å². The Bertz CT molecular complexity index is 589. The zero-order valence-electron chi connectivity index (χ0n) is 12.7. The monoisotopic (exact) mass is 323 g/mol. The molecule has 1 amide bonds. The summed E-state index contributed by atoms with van der Waals surface area (Å²) < 4.78 is 14.1. The van der Waals surface area contributed by atoms with Crippen LogP contribution in [0.1, 0.15) is 5.56 Å². The van der Waals surface area contributed by atoms with Crippen LogP contribution in [-0.4, -0.2) is 60.4 Å². The number of nitrogens with zero attached hydrogens (tertiary/aromatic N) is 1. The Morgan fingerprint density at radius 3 is 2.39 bits per heavy atom. The largest absolute Gasteiger partial charge is 0.467 e. The molecule has 0 radical (unpaired) electrons. The number of carbonyl (C=O) groups is 3. The van der Waals surface area contributed by atoms with Gasteiger partial charge in [-0.3, -0.25) is 4.90 Å². The number of rotatable bonds is 5. The Hall–Kier alpha value is -2.61. The van der Waals surface area contributed by atoms with Crippen molar-refractivity contribution in [2.24, 2.45) is 0 Å². The smallest absolute Gasteiger partial charge is 0.411 e. The van der Waals surface area contributed by atoms with Gasteiger partial charge < -0.3 is 19.3 Å². The zero-order valence-corrected chi connectivity index (χ0v) is 12.7. The second-order valence-electron chi connectivity index (χ2n) is 4.87. The fraction of sp³-hybridized carbons (Fsp3) is 0.400. The van der Waals surface area contributed by atoms with Crippen LogP contribution in [-0.2, 0) is 30.4 Å². The second-order valence-corrected chi connectivity index (χ2v) is 4.87. The number of benzene rings is 1. The average Bonchev–Trinajstić information content (AvgIpc) is 3.34. The van der Waals surface area contributed by atoms with Crippen molar-refractivity contribution in [2.75, 3.05) is 14.2 Å². The lowest BCUT2D eigenvalue weighted by Crippen LogP contribution is -2.32. The third kappa shape index (κ3) is 3.59. The molecule has 1 aromatic carbocycles. The molecule has 8 nitrogen and oxygen atoms in total. The molecule has 0 bridgehead atoms. The van der Waals surface area contributed by atoms with Crippen LogP contribution in [0.15, 0.2) is 30.3 Å². The molecule has 0 saturated carbocycles. The molecule has 124 valence electrons. The van der Waals surface area contributed by atoms with Crippen molar-refractivity contribution >= 4 is 18.0 Å². The quantitative estimate of drug-likeness (QED) is 0.465. The van der Waals surface area contributed by atoms with Crippen LogP contribution in [0.4, 0.5) is 4.79 Å². The maximum atomic E-state index is 12.1. The lowest BCUT2D eigenvalue weighted by Gasteiger charge is -2.09. The van der Waals surface area contributed by atoms with E-state index in [-0.39, 0.29) is 6.61 Å². The zero-order chi connectivity index (χ0) is 17.0. The van der Waals surface area contributed by atoms with E-state index in [0.717, 1.165) is 24.7 Å². The first kappa shape index (κ1) is 16.8. The van der Waals surface area contributed by atoms with Crippen LogP contribution in [0.25, 0.3) is 0 Å². The van der Waals surface area contributed by atoms with Crippen molar-refractivity contribution < 1.29 is 33.7 Å². The van der Waals surface area contributed by atoms with E-state index in [2.05, 4.69) is 9.47 Å². The minimum Gasteiger partial charge on any atom is -0.467 e. The molecule has 3 atom stereocenters. The van der Waals surface area contributed by atoms with Crippen molar-refractivity contribution in [3.8, 4) is 0 Å². The maximum absolute atomic E-state index is 12.1. The van der Waals surface area contributed by atoms with Crippen LogP contribution in [0.3, 0.4) is 0 Å². The number of methoxy groups -OCH3 is 2. The van der Waals surface area contributed by atoms with Gasteiger partial charge in [-0.15, -0.1) is 0 Å². The summed E-state index contributed by atoms with van der Waals surface area (Å²) in [5, 5.41) is 9.85. The van der Waals surface area contributed by atoms with Gasteiger partial charge in [-0.05, 0) is 5.56 Å². The van der Waals surface area contributed by atoms with Gasteiger partial charge in [-0.25, -0.2) is 14.4 Å². The molecule has 0 unspecified atom stereocenters. The van der Waals surface area contributed by atoms with E-state index in [1.807, 2.05) is 6.07 Å². The number of carbonyl (C=O) groups excluding carboxylic acids is 3. The number of esters is 2. The third-order valence-electron chi connectivity index (χ3n) is 3.48. The first-order chi connectivity index (χ1) is 11.0. The van der Waals surface area contributed by atoms with Gasteiger partial charge in [-0.1, -0.05) is 30.3 Å². The van der Waals surface area contributed by atoms with E-state index in [4.69, 9.17) is 4.74 Å². The first-order valence-corrected chi connectivity index (χ1v) is 6.84. The van der Waals surface area contributed by atoms with Crippen LogP contribution in [0.2, 0.25) is 0 Å². The van der Waals surface area contributed by atoms with Crippen molar-refractivity contribution in [1.29, 1.82) is 0 Å². The van der Waals surface area contributed by atoms with Crippen molar-refractivity contribution in [2.45, 2.75) is 24.8 Å². The summed E-state index contributed by atoms with van der Waals surface area (Å²) in [6.45, 7) is 0.00506. The summed E-state index contributed by atoms with van der Waals surface area (Å²) in [4.78, 5) is 36.1. The molecule has 1 saturated heterocycles. The number of aliphatic hydroxyl groups is 1. The van der Waals surface area contributed by atoms with E-state index in [1.165, 1.54) is 0 Å². The normalized spacial score (nSPS) is 20.4. The van der Waals surface area contributed by atoms with Gasteiger partial charge >= 0.3 is 18.0 Å². The minimum atomic E-state index is -1.65. The molecule has 2 rings (SSSR count). The summed E-state index contributed by atoms with van der Waals surface area (Å²) in [6, 6.07) is 6.83. The standard InChI is InChI=1S/C15H17NO7/c1-21-13(18)11-10(12(17)14(19)22-2)16(11)15(20)23-8-9-6-4-3-5-7-9/h3-7,10-12,17H,8H2,1-2H3/t10-,11+,12+,16?/m1/s1. The van der Waals surface area contributed by atoms with Crippen LogP contribution >= 0.6 is 0 Å². The first-order valence-electron chi connectivity index (χ1n) is 6.84. The van der Waals surface area contributed by atoms with Gasteiger partial charge in [0.2, 0.25) is 0 Å². The molecule has 1 N–H and O–H groups in total. The fourth-order valence-electron chi connectivity index (χ4n) is 2.24. The average molecular weight is 323 g/mol. The molecule has 0 aromatic heterocycles. The third-order valence-corrected chi connectivity index (χ3v) is 3.48. The minimum absolute atomic E-state index is 0.00506. The molecular formula is C15H17NO7. The molecule has 1 fully saturated rings. The number of hydrogen-bond acceptors (Lipinski definition) is 7. The Kier molecular flexibility index (Phi) is 5.17. The highest BCUT2D eigenvalue weighted by molar-refractivity contribution is 5.91. The second kappa shape index (κ2) is 7.10. The van der Waals surface area contributed by atoms with E-state index < -0.39 is 36.2 Å². The van der Waals surface area contributed by atoms with Gasteiger partial charge in [-0.2, -0.15) is 0 Å². The molecule has 0 spiro atoms. The Balaban J connectivity index is 2.02. The lowest BCUT2D eigenvalue weighted by atomic mass is 10.2. The Labute approximate surface area is 132 Å². The molecule has 8 heteroatoms. The van der Waals surface area contributed by atoms with Crippen molar-refractivity contribution in [3.05, 3.63) is 35.9 Å². The summed E-state index contributed by atoms with van der Waals surface area (Å²) >= 11 is 0. The van der Waals surface area contributed by atoms with E-state index in [1.54, 1.807) is 24.3 Å². The number of hydrogen-bond donors (Lipinski definition) is 1. The van der Waals surface area contributed by atoms with Gasteiger partial charge in [0.15, 0.2) is 12.1 Å². The highest BCUT2D eigenvalue weighted by Gasteiger charge is 2.62. The molecule has 1 aliphatic heterocycles. The number of ether oxygens (including phenoxy) is 3. The molecule has 23 heavy (non-hydrogen) atoms. The van der Waals surface area contributed by atoms with Gasteiger partial charge in [0.05, 0.1) is 14.2 Å². The SMILES string of the molecule is COC(=O)[C@@H](O)[C@H]1[C@@H](C(=O)OC)N1C(=O)OCc1ccccc1. The number of aliphatic hydroxyl groups excluding tert-OH is 1. The molecular weight excluding hydrogens is 306 g/mol. The predicted molar refractivity (Wildman–Crippen MR) is 76.1 cm³/mol. The van der Waals surface area contributed by atoms with E-state index in [0.29, 0.717) is 0 Å². The summed E-state index contributed by atoms with van der Waals surface area (Å²) in [7, 11) is 2.24. The highest BCUT2D eigenvalue weighted by Crippen LogP contribution is 2.33. The molecule has 1 aliphatic rings. The van der Waals surface area contributed by atoms with Crippen LogP contribution in [0.5, 0.6) is 0 Å². The van der Waals surface area contributed by atoms with Gasteiger partial charge in [0.25, 0.3) is 0 Å². The van der Waals surface area contributed by atoms with Crippen LogP contribution in [0, 0.1) is 0 Å². The Morgan fingerprint density at radius 2 is 1.83 bits per heavy atom. The lowest BCUT2D eigenvalue weighted by molar-refractivity contribution is -0.150. The predicted octanol–water partition coefficient (Wildman–Crippen LogP) is 0.0829. The highest BCUT2D eigenvalue weighted by atomic mass is 16.6. The fourth-order valence-corrected chi connectivity index (χ4v) is 2.24.